The number of benzene rings is 2. The molecule has 148 valence electrons. The van der Waals surface area contributed by atoms with E-state index < -0.39 is 0 Å². The summed E-state index contributed by atoms with van der Waals surface area (Å²) in [5.41, 5.74) is 5.17. The highest BCUT2D eigenvalue weighted by Gasteiger charge is 2.20. The van der Waals surface area contributed by atoms with Gasteiger partial charge in [-0.15, -0.1) is 0 Å². The molecule has 0 spiro atoms. The molecule has 1 fully saturated rings. The highest BCUT2D eigenvalue weighted by atomic mass is 16.2. The van der Waals surface area contributed by atoms with E-state index in [0.717, 1.165) is 41.2 Å². The van der Waals surface area contributed by atoms with E-state index in [0.29, 0.717) is 18.5 Å². The Bertz CT molecular complexity index is 1050. The molecule has 0 aliphatic carbocycles. The molecule has 0 saturated carbocycles. The Balaban J connectivity index is 1.46. The van der Waals surface area contributed by atoms with Gasteiger partial charge < -0.3 is 10.2 Å². The van der Waals surface area contributed by atoms with Crippen molar-refractivity contribution in [1.29, 1.82) is 0 Å². The number of rotatable bonds is 5. The molecule has 1 aromatic heterocycles. The van der Waals surface area contributed by atoms with E-state index in [9.17, 15) is 9.59 Å². The molecular weight excluding hydrogens is 364 g/mol. The van der Waals surface area contributed by atoms with Crippen molar-refractivity contribution >= 4 is 17.5 Å². The maximum absolute atomic E-state index is 12.8. The van der Waals surface area contributed by atoms with E-state index in [1.807, 2.05) is 67.3 Å². The summed E-state index contributed by atoms with van der Waals surface area (Å²) in [6.07, 6.45) is 3.18. The zero-order valence-electron chi connectivity index (χ0n) is 16.7. The fourth-order valence-electron chi connectivity index (χ4n) is 3.66. The van der Waals surface area contributed by atoms with Gasteiger partial charge in [-0.05, 0) is 49.6 Å². The summed E-state index contributed by atoms with van der Waals surface area (Å²) in [4.78, 5) is 26.4. The number of hydrogen-bond acceptors (Lipinski definition) is 3. The van der Waals surface area contributed by atoms with Gasteiger partial charge in [-0.1, -0.05) is 30.3 Å². The van der Waals surface area contributed by atoms with Gasteiger partial charge in [0.05, 0.1) is 23.1 Å². The number of aromatic nitrogens is 2. The van der Waals surface area contributed by atoms with E-state index in [4.69, 9.17) is 0 Å². The third-order valence-corrected chi connectivity index (χ3v) is 5.35. The average Bonchev–Trinajstić information content (AvgIpc) is 3.29. The molecule has 2 amide bonds. The Kier molecular flexibility index (Phi) is 5.16. The van der Waals surface area contributed by atoms with Gasteiger partial charge in [0.25, 0.3) is 5.91 Å². The van der Waals surface area contributed by atoms with Gasteiger partial charge in [-0.25, -0.2) is 4.68 Å². The van der Waals surface area contributed by atoms with Crippen LogP contribution in [0.15, 0.2) is 54.7 Å². The van der Waals surface area contributed by atoms with Crippen LogP contribution in [0.4, 0.5) is 5.69 Å². The first-order valence-electron chi connectivity index (χ1n) is 9.81. The smallest absolute Gasteiger partial charge is 0.259 e. The Morgan fingerprint density at radius 2 is 1.86 bits per heavy atom. The number of nitrogens with zero attached hydrogens (tertiary/aromatic N) is 3. The zero-order chi connectivity index (χ0) is 20.4. The Labute approximate surface area is 170 Å². The van der Waals surface area contributed by atoms with Crippen LogP contribution in [0.5, 0.6) is 0 Å². The predicted octanol–water partition coefficient (Wildman–Crippen LogP) is 3.86. The van der Waals surface area contributed by atoms with Crippen molar-refractivity contribution in [1.82, 2.24) is 14.7 Å². The minimum absolute atomic E-state index is 0.190. The third kappa shape index (κ3) is 3.92. The Hall–Kier alpha value is -3.41. The van der Waals surface area contributed by atoms with Crippen molar-refractivity contribution in [3.63, 3.8) is 0 Å². The number of para-hydroxylation sites is 1. The number of nitrogens with one attached hydrogen (secondary N) is 1. The van der Waals surface area contributed by atoms with Gasteiger partial charge in [-0.2, -0.15) is 5.10 Å². The quantitative estimate of drug-likeness (QED) is 0.722. The van der Waals surface area contributed by atoms with Crippen molar-refractivity contribution in [3.8, 4) is 5.69 Å². The maximum Gasteiger partial charge on any atom is 0.259 e. The standard InChI is InChI=1S/C23H24N4O2/c1-16-6-3-4-7-21(16)27-17(2)20(14-24-27)23(29)25-19-11-9-18(10-12-19)15-26-13-5-8-22(26)28/h3-4,6-7,9-12,14H,5,8,13,15H2,1-2H3,(H,25,29). The summed E-state index contributed by atoms with van der Waals surface area (Å²) < 4.78 is 1.79. The van der Waals surface area contributed by atoms with Gasteiger partial charge in [0.2, 0.25) is 5.91 Å². The number of anilines is 1. The van der Waals surface area contributed by atoms with Crippen LogP contribution in [0.3, 0.4) is 0 Å². The van der Waals surface area contributed by atoms with Gasteiger partial charge in [0, 0.05) is 25.2 Å². The summed E-state index contributed by atoms with van der Waals surface area (Å²) >= 11 is 0. The molecule has 0 radical (unpaired) electrons. The van der Waals surface area contributed by atoms with Crippen LogP contribution in [0.25, 0.3) is 5.69 Å². The number of amides is 2. The van der Waals surface area contributed by atoms with E-state index in [-0.39, 0.29) is 11.8 Å². The molecule has 3 aromatic rings. The van der Waals surface area contributed by atoms with E-state index >= 15 is 0 Å². The monoisotopic (exact) mass is 388 g/mol. The van der Waals surface area contributed by atoms with Gasteiger partial charge in [0.1, 0.15) is 0 Å². The lowest BCUT2D eigenvalue weighted by atomic mass is 10.1. The number of hydrogen-bond donors (Lipinski definition) is 1. The summed E-state index contributed by atoms with van der Waals surface area (Å²) in [5.74, 6) is 0.0216. The molecule has 29 heavy (non-hydrogen) atoms. The van der Waals surface area contributed by atoms with Crippen LogP contribution in [-0.4, -0.2) is 33.0 Å². The molecule has 1 aliphatic heterocycles. The van der Waals surface area contributed by atoms with Gasteiger partial charge in [0.15, 0.2) is 0 Å². The minimum Gasteiger partial charge on any atom is -0.338 e. The zero-order valence-corrected chi connectivity index (χ0v) is 16.7. The van der Waals surface area contributed by atoms with Crippen LogP contribution in [0, 0.1) is 13.8 Å². The molecule has 6 nitrogen and oxygen atoms in total. The van der Waals surface area contributed by atoms with Crippen molar-refractivity contribution in [3.05, 3.63) is 77.1 Å². The molecular formula is C23H24N4O2. The number of likely N-dealkylation sites (tertiary alicyclic amines) is 1. The molecule has 0 bridgehead atoms. The first-order chi connectivity index (χ1) is 14.0. The number of carbonyl (C=O) groups is 2. The van der Waals surface area contributed by atoms with Crippen LogP contribution in [0.2, 0.25) is 0 Å². The molecule has 1 aliphatic rings. The SMILES string of the molecule is Cc1ccccc1-n1ncc(C(=O)Nc2ccc(CN3CCCC3=O)cc2)c1C. The molecule has 1 saturated heterocycles. The highest BCUT2D eigenvalue weighted by Crippen LogP contribution is 2.20. The second-order valence-electron chi connectivity index (χ2n) is 7.41. The van der Waals surface area contributed by atoms with Crippen molar-refractivity contribution in [2.24, 2.45) is 0 Å². The summed E-state index contributed by atoms with van der Waals surface area (Å²) in [6.45, 7) is 5.36. The van der Waals surface area contributed by atoms with Crippen LogP contribution in [0.1, 0.15) is 40.0 Å². The predicted molar refractivity (Wildman–Crippen MR) is 112 cm³/mol. The topological polar surface area (TPSA) is 67.2 Å². The lowest BCUT2D eigenvalue weighted by molar-refractivity contribution is -0.128. The average molecular weight is 388 g/mol. The lowest BCUT2D eigenvalue weighted by Gasteiger charge is -2.15. The van der Waals surface area contributed by atoms with Crippen molar-refractivity contribution in [2.45, 2.75) is 33.2 Å². The second kappa shape index (κ2) is 7.91. The van der Waals surface area contributed by atoms with Crippen LogP contribution in [-0.2, 0) is 11.3 Å². The second-order valence-corrected chi connectivity index (χ2v) is 7.41. The Morgan fingerprint density at radius 3 is 2.55 bits per heavy atom. The first-order valence-corrected chi connectivity index (χ1v) is 9.81. The summed E-state index contributed by atoms with van der Waals surface area (Å²) in [7, 11) is 0. The third-order valence-electron chi connectivity index (χ3n) is 5.35. The molecule has 4 rings (SSSR count). The molecule has 2 heterocycles. The van der Waals surface area contributed by atoms with Crippen LogP contribution >= 0.6 is 0 Å². The molecule has 0 unspecified atom stereocenters. The lowest BCUT2D eigenvalue weighted by Crippen LogP contribution is -2.23. The number of carbonyl (C=O) groups excluding carboxylic acids is 2. The van der Waals surface area contributed by atoms with E-state index in [1.165, 1.54) is 0 Å². The van der Waals surface area contributed by atoms with Crippen LogP contribution < -0.4 is 5.32 Å². The highest BCUT2D eigenvalue weighted by molar-refractivity contribution is 6.05. The van der Waals surface area contributed by atoms with E-state index in [1.54, 1.807) is 10.9 Å². The van der Waals surface area contributed by atoms with Crippen molar-refractivity contribution in [2.75, 3.05) is 11.9 Å². The normalized spacial score (nSPS) is 13.7. The minimum atomic E-state index is -0.190. The Morgan fingerprint density at radius 1 is 1.10 bits per heavy atom. The fourth-order valence-corrected chi connectivity index (χ4v) is 3.66. The summed E-state index contributed by atoms with van der Waals surface area (Å²) in [5, 5.41) is 7.34. The fraction of sp³-hybridized carbons (Fsp3) is 0.261. The van der Waals surface area contributed by atoms with Crippen molar-refractivity contribution < 1.29 is 9.59 Å². The molecule has 2 aromatic carbocycles. The summed E-state index contributed by atoms with van der Waals surface area (Å²) in [6, 6.07) is 15.6. The molecule has 6 heteroatoms. The first kappa shape index (κ1) is 18.9. The molecule has 1 N–H and O–H groups in total. The molecule has 0 atom stereocenters. The largest absolute Gasteiger partial charge is 0.338 e. The van der Waals surface area contributed by atoms with E-state index in [2.05, 4.69) is 10.4 Å². The maximum atomic E-state index is 12.8. The van der Waals surface area contributed by atoms with Gasteiger partial charge >= 0.3 is 0 Å². The number of aryl methyl sites for hydroxylation is 1. The van der Waals surface area contributed by atoms with Gasteiger partial charge in [-0.3, -0.25) is 9.59 Å².